The lowest BCUT2D eigenvalue weighted by atomic mass is 10.2. The first-order chi connectivity index (χ1) is 13.6. The molecule has 2 aromatic carbocycles. The third-order valence-corrected chi connectivity index (χ3v) is 6.65. The van der Waals surface area contributed by atoms with Gasteiger partial charge >= 0.3 is 0 Å². The quantitative estimate of drug-likeness (QED) is 0.778. The molecule has 2 N–H and O–H groups in total. The second-order valence-corrected chi connectivity index (χ2v) is 8.70. The van der Waals surface area contributed by atoms with Gasteiger partial charge in [-0.15, -0.1) is 0 Å². The van der Waals surface area contributed by atoms with Gasteiger partial charge in [-0.05, 0) is 31.2 Å². The van der Waals surface area contributed by atoms with E-state index in [1.165, 1.54) is 6.07 Å². The van der Waals surface area contributed by atoms with E-state index in [2.05, 4.69) is 16.5 Å². The van der Waals surface area contributed by atoms with Crippen LogP contribution in [0.2, 0.25) is 0 Å². The standard InChI is InChI=1S/C20H25N3O4S/c1-2-22-9-11-23(12-10-22)18-6-4-3-5-17(18)21-28(24,25)16-7-8-19-20(15-16)27-14-13-26-19/h3-8,15,21H,2,9-14H2,1H3/p+1. The van der Waals surface area contributed by atoms with E-state index in [4.69, 9.17) is 9.47 Å². The SMILES string of the molecule is CC[NH+]1CCN(c2ccccc2NS(=O)(=O)c2ccc3c(c2)OCCO3)CC1. The molecule has 2 aliphatic heterocycles. The highest BCUT2D eigenvalue weighted by molar-refractivity contribution is 7.92. The predicted octanol–water partition coefficient (Wildman–Crippen LogP) is 0.983. The summed E-state index contributed by atoms with van der Waals surface area (Å²) >= 11 is 0. The Hall–Kier alpha value is -2.45. The summed E-state index contributed by atoms with van der Waals surface area (Å²) in [5.41, 5.74) is 1.51. The van der Waals surface area contributed by atoms with E-state index in [1.807, 2.05) is 24.3 Å². The van der Waals surface area contributed by atoms with Crippen LogP contribution in [0, 0.1) is 0 Å². The van der Waals surface area contributed by atoms with Crippen LogP contribution in [0.25, 0.3) is 0 Å². The van der Waals surface area contributed by atoms with Crippen LogP contribution in [0.1, 0.15) is 6.92 Å². The molecule has 0 amide bonds. The van der Waals surface area contributed by atoms with Crippen LogP contribution in [0.4, 0.5) is 11.4 Å². The van der Waals surface area contributed by atoms with Crippen LogP contribution in [-0.4, -0.2) is 54.4 Å². The maximum atomic E-state index is 13.0. The number of rotatable bonds is 5. The third kappa shape index (κ3) is 3.88. The summed E-state index contributed by atoms with van der Waals surface area (Å²) in [7, 11) is -3.74. The normalized spacial score (nSPS) is 17.4. The van der Waals surface area contributed by atoms with Gasteiger partial charge in [-0.1, -0.05) is 12.1 Å². The van der Waals surface area contributed by atoms with Gasteiger partial charge in [0, 0.05) is 6.07 Å². The summed E-state index contributed by atoms with van der Waals surface area (Å²) in [6, 6.07) is 12.3. The number of benzene rings is 2. The highest BCUT2D eigenvalue weighted by atomic mass is 32.2. The molecule has 0 aliphatic carbocycles. The lowest BCUT2D eigenvalue weighted by molar-refractivity contribution is -0.898. The average molecular weight is 405 g/mol. The molecule has 2 heterocycles. The number of piperazine rings is 1. The molecule has 1 saturated heterocycles. The molecular weight excluding hydrogens is 378 g/mol. The number of quaternary nitrogens is 1. The first-order valence-corrected chi connectivity index (χ1v) is 11.1. The molecule has 2 aliphatic rings. The predicted molar refractivity (Wildman–Crippen MR) is 108 cm³/mol. The minimum Gasteiger partial charge on any atom is -0.486 e. The monoisotopic (exact) mass is 404 g/mol. The van der Waals surface area contributed by atoms with Crippen LogP contribution in [0.3, 0.4) is 0 Å². The number of nitrogens with zero attached hydrogens (tertiary/aromatic N) is 1. The molecule has 2 aromatic rings. The second kappa shape index (κ2) is 7.89. The van der Waals surface area contributed by atoms with E-state index < -0.39 is 10.0 Å². The van der Waals surface area contributed by atoms with Crippen LogP contribution in [0.5, 0.6) is 11.5 Å². The number of likely N-dealkylation sites (N-methyl/N-ethyl adjacent to an activating group) is 1. The van der Waals surface area contributed by atoms with Crippen molar-refractivity contribution in [2.24, 2.45) is 0 Å². The first kappa shape index (κ1) is 18.9. The average Bonchev–Trinajstić information content (AvgIpc) is 2.73. The Labute approximate surface area is 165 Å². The van der Waals surface area contributed by atoms with E-state index in [0.29, 0.717) is 30.4 Å². The number of ether oxygens (including phenoxy) is 2. The summed E-state index contributed by atoms with van der Waals surface area (Å²) in [6.07, 6.45) is 0. The lowest BCUT2D eigenvalue weighted by Gasteiger charge is -2.34. The molecule has 1 fully saturated rings. The number of para-hydroxylation sites is 2. The number of sulfonamides is 1. The van der Waals surface area contributed by atoms with Crippen LogP contribution < -0.4 is 24.0 Å². The molecule has 0 atom stereocenters. The van der Waals surface area contributed by atoms with E-state index >= 15 is 0 Å². The molecular formula is C20H26N3O4S+. The van der Waals surface area contributed by atoms with Gasteiger partial charge in [-0.3, -0.25) is 4.72 Å². The van der Waals surface area contributed by atoms with E-state index in [-0.39, 0.29) is 4.90 Å². The van der Waals surface area contributed by atoms with E-state index in [1.54, 1.807) is 17.0 Å². The summed E-state index contributed by atoms with van der Waals surface area (Å²) in [5, 5.41) is 0. The van der Waals surface area contributed by atoms with Crippen molar-refractivity contribution in [2.45, 2.75) is 11.8 Å². The van der Waals surface area contributed by atoms with Gasteiger partial charge in [-0.2, -0.15) is 0 Å². The van der Waals surface area contributed by atoms with Crippen LogP contribution in [0.15, 0.2) is 47.4 Å². The third-order valence-electron chi connectivity index (χ3n) is 5.28. The molecule has 7 nitrogen and oxygen atoms in total. The molecule has 0 radical (unpaired) electrons. The van der Waals surface area contributed by atoms with Crippen molar-refractivity contribution in [1.29, 1.82) is 0 Å². The molecule has 28 heavy (non-hydrogen) atoms. The first-order valence-electron chi connectivity index (χ1n) is 9.67. The van der Waals surface area contributed by atoms with Gasteiger partial charge in [0.2, 0.25) is 0 Å². The molecule has 0 spiro atoms. The van der Waals surface area contributed by atoms with Gasteiger partial charge in [0.05, 0.1) is 49.0 Å². The summed E-state index contributed by atoms with van der Waals surface area (Å²) < 4.78 is 39.7. The van der Waals surface area contributed by atoms with Crippen molar-refractivity contribution < 1.29 is 22.8 Å². The topological polar surface area (TPSA) is 72.3 Å². The molecule has 8 heteroatoms. The molecule has 0 saturated carbocycles. The molecule has 0 unspecified atom stereocenters. The Balaban J connectivity index is 1.57. The Bertz CT molecular complexity index is 940. The maximum Gasteiger partial charge on any atom is 0.262 e. The zero-order chi connectivity index (χ0) is 19.6. The summed E-state index contributed by atoms with van der Waals surface area (Å²) in [4.78, 5) is 3.98. The summed E-state index contributed by atoms with van der Waals surface area (Å²) in [5.74, 6) is 1.03. The Morgan fingerprint density at radius 2 is 1.75 bits per heavy atom. The number of nitrogens with one attached hydrogen (secondary N) is 2. The van der Waals surface area contributed by atoms with E-state index in [9.17, 15) is 8.42 Å². The lowest BCUT2D eigenvalue weighted by Crippen LogP contribution is -3.14. The molecule has 4 rings (SSSR count). The maximum absolute atomic E-state index is 13.0. The van der Waals surface area contributed by atoms with Gasteiger partial charge < -0.3 is 19.3 Å². The van der Waals surface area contributed by atoms with Gasteiger partial charge in [0.25, 0.3) is 10.0 Å². The fourth-order valence-electron chi connectivity index (χ4n) is 3.65. The van der Waals surface area contributed by atoms with Crippen molar-refractivity contribution in [3.05, 3.63) is 42.5 Å². The molecule has 0 aromatic heterocycles. The zero-order valence-corrected chi connectivity index (χ0v) is 16.8. The van der Waals surface area contributed by atoms with Crippen LogP contribution >= 0.6 is 0 Å². The Morgan fingerprint density at radius 1 is 1.04 bits per heavy atom. The Kier molecular flexibility index (Phi) is 5.32. The fourth-order valence-corrected chi connectivity index (χ4v) is 4.74. The van der Waals surface area contributed by atoms with Gasteiger partial charge in [0.1, 0.15) is 13.2 Å². The van der Waals surface area contributed by atoms with Crippen molar-refractivity contribution in [2.75, 3.05) is 55.6 Å². The van der Waals surface area contributed by atoms with Crippen molar-refractivity contribution in [1.82, 2.24) is 0 Å². The number of hydrogen-bond acceptors (Lipinski definition) is 5. The largest absolute Gasteiger partial charge is 0.486 e. The minimum atomic E-state index is -3.74. The number of anilines is 2. The van der Waals surface area contributed by atoms with E-state index in [0.717, 1.165) is 38.4 Å². The van der Waals surface area contributed by atoms with Crippen LogP contribution in [-0.2, 0) is 10.0 Å². The molecule has 0 bridgehead atoms. The van der Waals surface area contributed by atoms with Gasteiger partial charge in [-0.25, -0.2) is 8.42 Å². The minimum absolute atomic E-state index is 0.159. The Morgan fingerprint density at radius 3 is 2.50 bits per heavy atom. The molecule has 150 valence electrons. The second-order valence-electron chi connectivity index (χ2n) is 7.02. The number of fused-ring (bicyclic) bond motifs is 1. The smallest absolute Gasteiger partial charge is 0.262 e. The van der Waals surface area contributed by atoms with Crippen molar-refractivity contribution in [3.8, 4) is 11.5 Å². The highest BCUT2D eigenvalue weighted by Gasteiger charge is 2.24. The highest BCUT2D eigenvalue weighted by Crippen LogP contribution is 2.34. The number of hydrogen-bond donors (Lipinski definition) is 2. The van der Waals surface area contributed by atoms with Crippen molar-refractivity contribution >= 4 is 21.4 Å². The van der Waals surface area contributed by atoms with Gasteiger partial charge in [0.15, 0.2) is 11.5 Å². The fraction of sp³-hybridized carbons (Fsp3) is 0.400. The summed E-state index contributed by atoms with van der Waals surface area (Å²) in [6.45, 7) is 8.13. The zero-order valence-electron chi connectivity index (χ0n) is 16.0. The van der Waals surface area contributed by atoms with Crippen molar-refractivity contribution in [3.63, 3.8) is 0 Å².